The summed E-state index contributed by atoms with van der Waals surface area (Å²) >= 11 is 0. The summed E-state index contributed by atoms with van der Waals surface area (Å²) in [6, 6.07) is 6.66. The first-order valence-electron chi connectivity index (χ1n) is 8.25. The Morgan fingerprint density at radius 2 is 1.96 bits per heavy atom. The molecule has 0 amide bonds. The van der Waals surface area contributed by atoms with Gasteiger partial charge in [-0.15, -0.1) is 0 Å². The molecule has 3 rings (SSSR count). The molecule has 1 aromatic carbocycles. The molecule has 1 unspecified atom stereocenters. The van der Waals surface area contributed by atoms with Gasteiger partial charge in [0, 0.05) is 0 Å². The Kier molecular flexibility index (Phi) is 5.06. The number of hydrogen-bond donors (Lipinski definition) is 0. The highest BCUT2D eigenvalue weighted by molar-refractivity contribution is 6.14. The Labute approximate surface area is 150 Å². The highest BCUT2D eigenvalue weighted by Crippen LogP contribution is 2.37. The van der Waals surface area contributed by atoms with Crippen molar-refractivity contribution >= 4 is 17.7 Å². The number of hydrogen-bond acceptors (Lipinski definition) is 7. The normalized spacial score (nSPS) is 18.0. The molecule has 2 aliphatic heterocycles. The van der Waals surface area contributed by atoms with Crippen molar-refractivity contribution in [2.24, 2.45) is 0 Å². The molecule has 0 radical (unpaired) electrons. The van der Waals surface area contributed by atoms with Crippen molar-refractivity contribution in [2.75, 3.05) is 13.7 Å². The first-order chi connectivity index (χ1) is 12.6. The summed E-state index contributed by atoms with van der Waals surface area (Å²) in [5.74, 6) is -1.97. The Morgan fingerprint density at radius 3 is 2.69 bits per heavy atom. The van der Waals surface area contributed by atoms with Gasteiger partial charge in [-0.3, -0.25) is 4.79 Å². The van der Waals surface area contributed by atoms with Gasteiger partial charge in [-0.2, -0.15) is 0 Å². The largest absolute Gasteiger partial charge is 0.480 e. The Morgan fingerprint density at radius 1 is 1.19 bits per heavy atom. The van der Waals surface area contributed by atoms with E-state index in [-0.39, 0.29) is 29.3 Å². The van der Waals surface area contributed by atoms with Gasteiger partial charge >= 0.3 is 11.9 Å². The molecule has 136 valence electrons. The number of carbonyl (C=O) groups is 3. The first kappa shape index (κ1) is 17.7. The third-order valence-electron chi connectivity index (χ3n) is 4.05. The van der Waals surface area contributed by atoms with Crippen LogP contribution in [-0.4, -0.2) is 37.5 Å². The molecular formula is C19H18O7. The predicted molar refractivity (Wildman–Crippen MR) is 89.3 cm³/mol. The summed E-state index contributed by atoms with van der Waals surface area (Å²) in [7, 11) is 1.17. The topological polar surface area (TPSA) is 88.1 Å². The molecule has 0 bridgehead atoms. The number of esters is 2. The van der Waals surface area contributed by atoms with Crippen LogP contribution in [0, 0.1) is 0 Å². The monoisotopic (exact) mass is 358 g/mol. The second kappa shape index (κ2) is 7.43. The molecule has 0 N–H and O–H groups in total. The van der Waals surface area contributed by atoms with E-state index in [2.05, 4.69) is 4.74 Å². The van der Waals surface area contributed by atoms with E-state index in [1.54, 1.807) is 24.3 Å². The van der Waals surface area contributed by atoms with E-state index >= 15 is 0 Å². The maximum atomic E-state index is 12.7. The molecule has 0 saturated carbocycles. The summed E-state index contributed by atoms with van der Waals surface area (Å²) < 4.78 is 21.0. The average molecular weight is 358 g/mol. The van der Waals surface area contributed by atoms with Gasteiger partial charge in [-0.25, -0.2) is 9.59 Å². The van der Waals surface area contributed by atoms with Crippen LogP contribution in [-0.2, 0) is 23.8 Å². The lowest BCUT2D eigenvalue weighted by molar-refractivity contribution is -0.144. The van der Waals surface area contributed by atoms with Crippen LogP contribution in [0.5, 0.6) is 5.75 Å². The number of Topliss-reactive ketones (excluding diaryl/α,β-unsaturated/α-hetero) is 1. The summed E-state index contributed by atoms with van der Waals surface area (Å²) in [5, 5.41) is 0. The highest BCUT2D eigenvalue weighted by Gasteiger charge is 2.44. The molecule has 0 spiro atoms. The number of methoxy groups -OCH3 is 1. The molecule has 7 heteroatoms. The van der Waals surface area contributed by atoms with Crippen molar-refractivity contribution in [1.29, 1.82) is 0 Å². The van der Waals surface area contributed by atoms with Crippen molar-refractivity contribution < 1.29 is 33.3 Å². The molecule has 0 fully saturated rings. The average Bonchev–Trinajstić information content (AvgIpc) is 2.66. The fourth-order valence-electron chi connectivity index (χ4n) is 2.69. The zero-order valence-electron chi connectivity index (χ0n) is 14.4. The molecule has 1 atom stereocenters. The molecule has 26 heavy (non-hydrogen) atoms. The van der Waals surface area contributed by atoms with Crippen LogP contribution in [0.15, 0.2) is 47.4 Å². The van der Waals surface area contributed by atoms with Crippen LogP contribution in [0.2, 0.25) is 0 Å². The number of rotatable bonds is 5. The van der Waals surface area contributed by atoms with Gasteiger partial charge < -0.3 is 18.9 Å². The number of para-hydroxylation sites is 1. The van der Waals surface area contributed by atoms with Gasteiger partial charge in [-0.1, -0.05) is 25.5 Å². The van der Waals surface area contributed by atoms with Crippen molar-refractivity contribution in [2.45, 2.75) is 25.9 Å². The van der Waals surface area contributed by atoms with E-state index in [4.69, 9.17) is 14.2 Å². The summed E-state index contributed by atoms with van der Waals surface area (Å²) in [6.07, 6.45) is 1.54. The third kappa shape index (κ3) is 3.08. The molecule has 7 nitrogen and oxygen atoms in total. The van der Waals surface area contributed by atoms with Crippen molar-refractivity contribution in [1.82, 2.24) is 0 Å². The standard InChI is InChI=1S/C19H18O7/c1-3-4-9-24-18(21)14-16-12(10-25-17(14)19(22)23-2)15(20)11-7-5-6-8-13(11)26-16/h5-8,10,16H,3-4,9H2,1-2H3. The number of ether oxygens (including phenoxy) is 4. The molecule has 2 aliphatic rings. The van der Waals surface area contributed by atoms with E-state index in [1.807, 2.05) is 6.92 Å². The van der Waals surface area contributed by atoms with E-state index in [1.165, 1.54) is 7.11 Å². The van der Waals surface area contributed by atoms with Gasteiger partial charge in [0.25, 0.3) is 0 Å². The third-order valence-corrected chi connectivity index (χ3v) is 4.05. The first-order valence-corrected chi connectivity index (χ1v) is 8.25. The van der Waals surface area contributed by atoms with Crippen LogP contribution in [0.1, 0.15) is 30.1 Å². The van der Waals surface area contributed by atoms with Gasteiger partial charge in [0.1, 0.15) is 17.6 Å². The molecule has 2 heterocycles. The number of carbonyl (C=O) groups excluding carboxylic acids is 3. The lowest BCUT2D eigenvalue weighted by Gasteiger charge is -2.31. The van der Waals surface area contributed by atoms with E-state index in [9.17, 15) is 14.4 Å². The predicted octanol–water partition coefficient (Wildman–Crippen LogP) is 2.31. The molecule has 0 saturated heterocycles. The second-order valence-electron chi connectivity index (χ2n) is 5.74. The fourth-order valence-corrected chi connectivity index (χ4v) is 2.69. The Bertz CT molecular complexity index is 819. The van der Waals surface area contributed by atoms with E-state index in [0.29, 0.717) is 17.7 Å². The number of benzene rings is 1. The van der Waals surface area contributed by atoms with Crippen molar-refractivity contribution in [3.05, 3.63) is 53.0 Å². The molecule has 0 aromatic heterocycles. The zero-order valence-corrected chi connectivity index (χ0v) is 14.4. The summed E-state index contributed by atoms with van der Waals surface area (Å²) in [4.78, 5) is 37.3. The lowest BCUT2D eigenvalue weighted by atomic mass is 9.90. The zero-order chi connectivity index (χ0) is 18.7. The molecule has 0 aliphatic carbocycles. The number of ketones is 1. The maximum Gasteiger partial charge on any atom is 0.374 e. The minimum atomic E-state index is -1.09. The van der Waals surface area contributed by atoms with Crippen LogP contribution in [0.3, 0.4) is 0 Å². The van der Waals surface area contributed by atoms with Gasteiger partial charge in [0.05, 0.1) is 24.9 Å². The number of fused-ring (bicyclic) bond motifs is 2. The lowest BCUT2D eigenvalue weighted by Crippen LogP contribution is -2.39. The second-order valence-corrected chi connectivity index (χ2v) is 5.74. The van der Waals surface area contributed by atoms with Gasteiger partial charge in [-0.05, 0) is 18.6 Å². The Hall–Kier alpha value is -3.09. The Balaban J connectivity index is 2.01. The summed E-state index contributed by atoms with van der Waals surface area (Å²) in [6.45, 7) is 2.14. The van der Waals surface area contributed by atoms with Crippen LogP contribution < -0.4 is 4.74 Å². The van der Waals surface area contributed by atoms with Gasteiger partial charge in [0.2, 0.25) is 5.76 Å². The molecule has 1 aromatic rings. The number of unbranched alkanes of at least 4 members (excludes halogenated alkanes) is 1. The quantitative estimate of drug-likeness (QED) is 0.589. The smallest absolute Gasteiger partial charge is 0.374 e. The van der Waals surface area contributed by atoms with E-state index < -0.39 is 18.0 Å². The maximum absolute atomic E-state index is 12.7. The summed E-state index contributed by atoms with van der Waals surface area (Å²) in [5.41, 5.74) is 0.311. The minimum Gasteiger partial charge on any atom is -0.480 e. The minimum absolute atomic E-state index is 0.124. The van der Waals surface area contributed by atoms with Crippen molar-refractivity contribution in [3.63, 3.8) is 0 Å². The van der Waals surface area contributed by atoms with Crippen molar-refractivity contribution in [3.8, 4) is 5.75 Å². The fraction of sp³-hybridized carbons (Fsp3) is 0.316. The van der Waals surface area contributed by atoms with Crippen LogP contribution in [0.25, 0.3) is 0 Å². The SMILES string of the molecule is CCCCOC(=O)C1=C(C(=O)OC)OC=C2C(=O)c3ccccc3OC21. The van der Waals surface area contributed by atoms with Gasteiger partial charge in [0.15, 0.2) is 11.9 Å². The van der Waals surface area contributed by atoms with E-state index in [0.717, 1.165) is 12.7 Å². The van der Waals surface area contributed by atoms with Crippen LogP contribution in [0.4, 0.5) is 0 Å². The van der Waals surface area contributed by atoms with Crippen LogP contribution >= 0.6 is 0 Å². The highest BCUT2D eigenvalue weighted by atomic mass is 16.6. The molecular weight excluding hydrogens is 340 g/mol.